The van der Waals surface area contributed by atoms with Crippen molar-refractivity contribution in [3.8, 4) is 0 Å². The average Bonchev–Trinajstić information content (AvgIpc) is 3.09. The minimum atomic E-state index is -4.96. The number of ketones is 1. The van der Waals surface area contributed by atoms with Gasteiger partial charge in [0, 0.05) is 25.0 Å². The lowest BCUT2D eigenvalue weighted by atomic mass is 9.44. The highest BCUT2D eigenvalue weighted by atomic mass is 19.4. The summed E-state index contributed by atoms with van der Waals surface area (Å²) in [7, 11) is 0. The van der Waals surface area contributed by atoms with E-state index in [0.717, 1.165) is 38.5 Å². The van der Waals surface area contributed by atoms with Crippen molar-refractivity contribution < 1.29 is 37.0 Å². The zero-order valence-corrected chi connectivity index (χ0v) is 20.8. The number of carbonyl (C=O) groups excluding carboxylic acids is 2. The first-order valence-corrected chi connectivity index (χ1v) is 13.0. The molecular formula is C26H39F3O5. The van der Waals surface area contributed by atoms with Crippen LogP contribution in [0.3, 0.4) is 0 Å². The molecule has 5 nitrogen and oxygen atoms in total. The van der Waals surface area contributed by atoms with Crippen LogP contribution >= 0.6 is 0 Å². The number of ether oxygens (including phenoxy) is 3. The van der Waals surface area contributed by atoms with E-state index in [1.807, 2.05) is 20.8 Å². The van der Waals surface area contributed by atoms with Crippen molar-refractivity contribution in [2.45, 2.75) is 97.6 Å². The number of hydrogen-bond donors (Lipinski definition) is 0. The molecule has 0 aliphatic heterocycles. The van der Waals surface area contributed by atoms with E-state index < -0.39 is 30.0 Å². The lowest BCUT2D eigenvalue weighted by Gasteiger charge is -2.61. The van der Waals surface area contributed by atoms with Gasteiger partial charge in [-0.15, -0.1) is 0 Å². The Morgan fingerprint density at radius 3 is 2.26 bits per heavy atom. The van der Waals surface area contributed by atoms with Crippen molar-refractivity contribution in [1.82, 2.24) is 0 Å². The average molecular weight is 489 g/mol. The van der Waals surface area contributed by atoms with Crippen molar-refractivity contribution >= 4 is 11.8 Å². The van der Waals surface area contributed by atoms with Gasteiger partial charge in [-0.2, -0.15) is 13.2 Å². The van der Waals surface area contributed by atoms with Gasteiger partial charge >= 0.3 is 12.1 Å². The predicted octanol–water partition coefficient (Wildman–Crippen LogP) is 5.70. The summed E-state index contributed by atoms with van der Waals surface area (Å²) in [6.07, 6.45) is -0.0127. The number of fused-ring (bicyclic) bond motifs is 5. The second kappa shape index (κ2) is 9.38. The third-order valence-electron chi connectivity index (χ3n) is 9.97. The summed E-state index contributed by atoms with van der Waals surface area (Å²) in [5.74, 6) is -0.775. The maximum absolute atomic E-state index is 13.1. The Balaban J connectivity index is 1.54. The van der Waals surface area contributed by atoms with Crippen LogP contribution in [0.5, 0.6) is 0 Å². The molecule has 0 spiro atoms. The van der Waals surface area contributed by atoms with E-state index >= 15 is 0 Å². The van der Waals surface area contributed by atoms with Crippen LogP contribution in [0.2, 0.25) is 0 Å². The fraction of sp³-hybridized carbons (Fsp3) is 0.923. The normalized spacial score (nSPS) is 42.2. The SMILES string of the molecule is CCOC(OCC)[C@@H]1C[C@@]2(C)[C@@H](CC[C@@H]3[C@@H]2CC[C@]2(C)[C@H](OC(=O)C(F)(F)F)CC[C@@H]32)CC1=O. The molecule has 0 amide bonds. The van der Waals surface area contributed by atoms with Crippen LogP contribution in [0.1, 0.15) is 79.1 Å². The zero-order valence-electron chi connectivity index (χ0n) is 20.8. The maximum atomic E-state index is 13.1. The first-order valence-electron chi connectivity index (χ1n) is 13.0. The molecule has 4 aliphatic carbocycles. The van der Waals surface area contributed by atoms with Gasteiger partial charge in [-0.05, 0) is 87.9 Å². The summed E-state index contributed by atoms with van der Waals surface area (Å²) in [4.78, 5) is 24.7. The van der Waals surface area contributed by atoms with Crippen LogP contribution in [-0.2, 0) is 23.8 Å². The Morgan fingerprint density at radius 1 is 1.00 bits per heavy atom. The maximum Gasteiger partial charge on any atom is 0.490 e. The summed E-state index contributed by atoms with van der Waals surface area (Å²) < 4.78 is 55.3. The van der Waals surface area contributed by atoms with E-state index in [2.05, 4.69) is 6.92 Å². The Hall–Kier alpha value is -1.15. The summed E-state index contributed by atoms with van der Waals surface area (Å²) in [5, 5.41) is 0. The van der Waals surface area contributed by atoms with Crippen LogP contribution in [0, 0.1) is 40.4 Å². The fourth-order valence-corrected chi connectivity index (χ4v) is 8.37. The van der Waals surface area contributed by atoms with E-state index in [0.29, 0.717) is 43.8 Å². The molecule has 4 saturated carbocycles. The number of alkyl halides is 3. The molecule has 8 heteroatoms. The first kappa shape index (κ1) is 25.9. The molecule has 34 heavy (non-hydrogen) atoms. The fourth-order valence-electron chi connectivity index (χ4n) is 8.37. The molecule has 0 radical (unpaired) electrons. The minimum Gasteiger partial charge on any atom is -0.455 e. The van der Waals surface area contributed by atoms with Crippen molar-refractivity contribution in [3.63, 3.8) is 0 Å². The van der Waals surface area contributed by atoms with E-state index in [1.54, 1.807) is 0 Å². The zero-order chi connectivity index (χ0) is 24.9. The Morgan fingerprint density at radius 2 is 1.65 bits per heavy atom. The van der Waals surface area contributed by atoms with Crippen molar-refractivity contribution in [1.29, 1.82) is 0 Å². The number of Topliss-reactive ketones (excluding diaryl/α,β-unsaturated/α-hetero) is 1. The highest BCUT2D eigenvalue weighted by Gasteiger charge is 2.63. The molecule has 0 bridgehead atoms. The molecule has 0 heterocycles. The third-order valence-corrected chi connectivity index (χ3v) is 9.97. The number of carbonyl (C=O) groups is 2. The number of rotatable bonds is 6. The number of hydrogen-bond acceptors (Lipinski definition) is 5. The Bertz CT molecular complexity index is 779. The number of esters is 1. The standard InChI is InChI=1S/C26H39F3O5/c1-5-32-22(33-6-2)17-14-25(4)15(13-20(17)30)7-8-16-18-9-10-21(34-23(31)26(27,28)29)24(18,3)12-11-19(16)25/h15-19,21-22H,5-14H2,1-4H3/t15-,16-,17+,18-,19-,21+,24-,25-/m0/s1. The molecule has 0 unspecified atom stereocenters. The van der Waals surface area contributed by atoms with Gasteiger partial charge in [0.1, 0.15) is 11.9 Å². The Labute approximate surface area is 200 Å². The highest BCUT2D eigenvalue weighted by molar-refractivity contribution is 5.82. The van der Waals surface area contributed by atoms with Crippen LogP contribution in [0.25, 0.3) is 0 Å². The molecule has 0 aromatic heterocycles. The highest BCUT2D eigenvalue weighted by Crippen LogP contribution is 2.67. The van der Waals surface area contributed by atoms with Crippen LogP contribution in [0.4, 0.5) is 13.2 Å². The number of halogens is 3. The van der Waals surface area contributed by atoms with Crippen molar-refractivity contribution in [2.75, 3.05) is 13.2 Å². The molecule has 0 aromatic carbocycles. The summed E-state index contributed by atoms with van der Waals surface area (Å²) in [6.45, 7) is 9.13. The van der Waals surface area contributed by atoms with Crippen molar-refractivity contribution in [3.05, 3.63) is 0 Å². The monoisotopic (exact) mass is 488 g/mol. The molecule has 194 valence electrons. The predicted molar refractivity (Wildman–Crippen MR) is 119 cm³/mol. The molecule has 8 atom stereocenters. The van der Waals surface area contributed by atoms with Gasteiger partial charge in [0.15, 0.2) is 6.29 Å². The topological polar surface area (TPSA) is 61.8 Å². The smallest absolute Gasteiger partial charge is 0.455 e. The largest absolute Gasteiger partial charge is 0.490 e. The van der Waals surface area contributed by atoms with Crippen LogP contribution in [-0.4, -0.2) is 43.5 Å². The summed E-state index contributed by atoms with van der Waals surface area (Å²) in [6, 6.07) is 0. The van der Waals surface area contributed by atoms with E-state index in [4.69, 9.17) is 14.2 Å². The molecule has 4 aliphatic rings. The van der Waals surface area contributed by atoms with E-state index in [9.17, 15) is 22.8 Å². The molecule has 4 fully saturated rings. The molecule has 4 rings (SSSR count). The van der Waals surface area contributed by atoms with E-state index in [-0.39, 0.29) is 23.0 Å². The van der Waals surface area contributed by atoms with Gasteiger partial charge in [-0.1, -0.05) is 13.8 Å². The lowest BCUT2D eigenvalue weighted by Crippen LogP contribution is -2.57. The minimum absolute atomic E-state index is 0.0317. The quantitative estimate of drug-likeness (QED) is 0.355. The van der Waals surface area contributed by atoms with Gasteiger partial charge in [0.25, 0.3) is 0 Å². The van der Waals surface area contributed by atoms with Gasteiger partial charge in [-0.3, -0.25) is 4.79 Å². The summed E-state index contributed by atoms with van der Waals surface area (Å²) >= 11 is 0. The van der Waals surface area contributed by atoms with Crippen LogP contribution < -0.4 is 0 Å². The van der Waals surface area contributed by atoms with Crippen LogP contribution in [0.15, 0.2) is 0 Å². The van der Waals surface area contributed by atoms with Gasteiger partial charge in [0.2, 0.25) is 0 Å². The molecular weight excluding hydrogens is 449 g/mol. The third kappa shape index (κ3) is 4.31. The second-order valence-corrected chi connectivity index (χ2v) is 11.4. The molecule has 0 saturated heterocycles. The van der Waals surface area contributed by atoms with Crippen molar-refractivity contribution in [2.24, 2.45) is 40.4 Å². The Kier molecular flexibility index (Phi) is 7.15. The van der Waals surface area contributed by atoms with Gasteiger partial charge in [0.05, 0.1) is 5.92 Å². The molecule has 0 N–H and O–H groups in total. The lowest BCUT2D eigenvalue weighted by molar-refractivity contribution is -0.214. The van der Waals surface area contributed by atoms with Gasteiger partial charge < -0.3 is 14.2 Å². The van der Waals surface area contributed by atoms with Gasteiger partial charge in [-0.25, -0.2) is 4.79 Å². The summed E-state index contributed by atoms with van der Waals surface area (Å²) in [5.41, 5.74) is -0.454. The second-order valence-electron chi connectivity index (χ2n) is 11.4. The van der Waals surface area contributed by atoms with E-state index in [1.165, 1.54) is 0 Å². The first-order chi connectivity index (χ1) is 16.0. The molecule has 0 aromatic rings.